The summed E-state index contributed by atoms with van der Waals surface area (Å²) in [6.45, 7) is -0.0772. The van der Waals surface area contributed by atoms with E-state index in [1.165, 1.54) is 4.90 Å². The molecule has 7 heteroatoms. The van der Waals surface area contributed by atoms with Gasteiger partial charge in [-0.25, -0.2) is 4.79 Å². The van der Waals surface area contributed by atoms with Crippen LogP contribution < -0.4 is 9.47 Å². The fourth-order valence-corrected chi connectivity index (χ4v) is 2.53. The summed E-state index contributed by atoms with van der Waals surface area (Å²) in [5, 5.41) is 10.0. The Kier molecular flexibility index (Phi) is 5.38. The monoisotopic (exact) mass is 356 g/mol. The Labute approximate surface area is 151 Å². The van der Waals surface area contributed by atoms with Gasteiger partial charge in [0.15, 0.2) is 0 Å². The number of β-amino-alcohol motifs (C(OH)–C–C–N with tert-alkyl or cyclic N) is 1. The van der Waals surface area contributed by atoms with Crippen LogP contribution in [0.1, 0.15) is 0 Å². The summed E-state index contributed by atoms with van der Waals surface area (Å²) in [6, 6.07) is 16.0. The quantitative estimate of drug-likeness (QED) is 0.769. The van der Waals surface area contributed by atoms with Gasteiger partial charge in [-0.3, -0.25) is 9.69 Å². The maximum absolute atomic E-state index is 11.8. The first kappa shape index (κ1) is 17.8. The number of nitrogens with zero attached hydrogens (tertiary/aromatic N) is 2. The summed E-state index contributed by atoms with van der Waals surface area (Å²) >= 11 is 0. The molecule has 1 fully saturated rings. The zero-order chi connectivity index (χ0) is 18.5. The molecule has 26 heavy (non-hydrogen) atoms. The van der Waals surface area contributed by atoms with Crippen molar-refractivity contribution in [1.82, 2.24) is 9.80 Å². The van der Waals surface area contributed by atoms with Gasteiger partial charge >= 0.3 is 6.03 Å². The molecule has 3 amide bonds. The van der Waals surface area contributed by atoms with Crippen LogP contribution in [0, 0.1) is 0 Å². The molecule has 0 aliphatic carbocycles. The zero-order valence-corrected chi connectivity index (χ0v) is 14.4. The first-order chi connectivity index (χ1) is 12.5. The highest BCUT2D eigenvalue weighted by Gasteiger charge is 2.34. The van der Waals surface area contributed by atoms with Gasteiger partial charge in [-0.15, -0.1) is 0 Å². The number of amides is 3. The van der Waals surface area contributed by atoms with E-state index in [9.17, 15) is 14.7 Å². The van der Waals surface area contributed by atoms with E-state index >= 15 is 0 Å². The van der Waals surface area contributed by atoms with Crippen LogP contribution in [0.5, 0.6) is 17.2 Å². The van der Waals surface area contributed by atoms with E-state index in [0.29, 0.717) is 11.5 Å². The van der Waals surface area contributed by atoms with E-state index in [1.807, 2.05) is 30.3 Å². The topological polar surface area (TPSA) is 79.3 Å². The minimum atomic E-state index is -0.963. The molecular formula is C19H20N2O5. The number of benzene rings is 2. The SMILES string of the molecule is CN1CC(=O)N(C[C@@H](O)COc2ccc(Oc3ccccc3)cc2)C1=O. The number of hydrogen-bond donors (Lipinski definition) is 1. The molecule has 1 saturated heterocycles. The Bertz CT molecular complexity index is 763. The largest absolute Gasteiger partial charge is 0.491 e. The van der Waals surface area contributed by atoms with Crippen LogP contribution >= 0.6 is 0 Å². The molecule has 2 aromatic carbocycles. The van der Waals surface area contributed by atoms with E-state index < -0.39 is 12.1 Å². The predicted octanol–water partition coefficient (Wildman–Crippen LogP) is 2.11. The summed E-state index contributed by atoms with van der Waals surface area (Å²) in [6.07, 6.45) is -0.963. The number of carbonyl (C=O) groups is 2. The van der Waals surface area contributed by atoms with Crippen LogP contribution in [0.15, 0.2) is 54.6 Å². The molecule has 0 saturated carbocycles. The smallest absolute Gasteiger partial charge is 0.327 e. The van der Waals surface area contributed by atoms with Crippen LogP contribution in [0.3, 0.4) is 0 Å². The average Bonchev–Trinajstić information content (AvgIpc) is 2.88. The number of ether oxygens (including phenoxy) is 2. The lowest BCUT2D eigenvalue weighted by molar-refractivity contribution is -0.126. The lowest BCUT2D eigenvalue weighted by atomic mass is 10.3. The highest BCUT2D eigenvalue weighted by molar-refractivity contribution is 6.01. The van der Waals surface area contributed by atoms with Gasteiger partial charge in [0.25, 0.3) is 0 Å². The number of imide groups is 1. The molecule has 2 aromatic rings. The molecule has 1 heterocycles. The van der Waals surface area contributed by atoms with E-state index in [-0.39, 0.29) is 25.6 Å². The molecule has 1 aliphatic heterocycles. The van der Waals surface area contributed by atoms with Crippen molar-refractivity contribution in [1.29, 1.82) is 0 Å². The number of rotatable bonds is 7. The van der Waals surface area contributed by atoms with Gasteiger partial charge in [-0.1, -0.05) is 18.2 Å². The van der Waals surface area contributed by atoms with Gasteiger partial charge < -0.3 is 19.5 Å². The molecule has 3 rings (SSSR count). The third-order valence-corrected chi connectivity index (χ3v) is 3.87. The Morgan fingerprint density at radius 3 is 2.23 bits per heavy atom. The second-order valence-corrected chi connectivity index (χ2v) is 5.99. The average molecular weight is 356 g/mol. The van der Waals surface area contributed by atoms with Crippen molar-refractivity contribution >= 4 is 11.9 Å². The normalized spacial score (nSPS) is 15.3. The zero-order valence-electron chi connectivity index (χ0n) is 14.4. The van der Waals surface area contributed by atoms with Crippen LogP contribution in [0.25, 0.3) is 0 Å². The molecule has 1 N–H and O–H groups in total. The van der Waals surface area contributed by atoms with Gasteiger partial charge in [-0.2, -0.15) is 0 Å². The van der Waals surface area contributed by atoms with Crippen LogP contribution in [-0.4, -0.2) is 59.7 Å². The molecule has 0 bridgehead atoms. The Morgan fingerprint density at radius 2 is 1.62 bits per heavy atom. The second-order valence-electron chi connectivity index (χ2n) is 5.99. The van der Waals surface area contributed by atoms with E-state index in [4.69, 9.17) is 9.47 Å². The van der Waals surface area contributed by atoms with Crippen LogP contribution in [0.4, 0.5) is 4.79 Å². The molecule has 0 radical (unpaired) electrons. The summed E-state index contributed by atoms with van der Waals surface area (Å²) in [4.78, 5) is 25.8. The van der Waals surface area contributed by atoms with Crippen molar-refractivity contribution in [3.05, 3.63) is 54.6 Å². The van der Waals surface area contributed by atoms with E-state index in [2.05, 4.69) is 0 Å². The van der Waals surface area contributed by atoms with Gasteiger partial charge in [0.1, 0.15) is 36.5 Å². The third-order valence-electron chi connectivity index (χ3n) is 3.87. The number of likely N-dealkylation sites (N-methyl/N-ethyl adjacent to an activating group) is 1. The third kappa shape index (κ3) is 4.31. The number of carbonyl (C=O) groups excluding carboxylic acids is 2. The first-order valence-electron chi connectivity index (χ1n) is 8.22. The van der Waals surface area contributed by atoms with Gasteiger partial charge in [-0.05, 0) is 36.4 Å². The number of aliphatic hydroxyl groups excluding tert-OH is 1. The van der Waals surface area contributed by atoms with Crippen molar-refractivity contribution in [2.75, 3.05) is 26.7 Å². The van der Waals surface area contributed by atoms with Crippen LogP contribution in [-0.2, 0) is 4.79 Å². The number of aliphatic hydroxyl groups is 1. The summed E-state index contributed by atoms with van der Waals surface area (Å²) in [5.41, 5.74) is 0. The number of urea groups is 1. The Hall–Kier alpha value is -3.06. The van der Waals surface area contributed by atoms with Crippen molar-refractivity contribution in [2.45, 2.75) is 6.10 Å². The highest BCUT2D eigenvalue weighted by Crippen LogP contribution is 2.23. The maximum atomic E-state index is 11.8. The summed E-state index contributed by atoms with van der Waals surface area (Å²) < 4.78 is 11.2. The molecule has 7 nitrogen and oxygen atoms in total. The molecule has 1 atom stereocenters. The van der Waals surface area contributed by atoms with E-state index in [1.54, 1.807) is 31.3 Å². The van der Waals surface area contributed by atoms with Gasteiger partial charge in [0.05, 0.1) is 6.54 Å². The minimum Gasteiger partial charge on any atom is -0.491 e. The van der Waals surface area contributed by atoms with E-state index in [0.717, 1.165) is 10.6 Å². The Morgan fingerprint density at radius 1 is 1.00 bits per heavy atom. The van der Waals surface area contributed by atoms with Crippen molar-refractivity contribution < 1.29 is 24.2 Å². The second kappa shape index (κ2) is 7.88. The lowest BCUT2D eigenvalue weighted by Gasteiger charge is -2.18. The fourth-order valence-electron chi connectivity index (χ4n) is 2.53. The van der Waals surface area contributed by atoms with Crippen molar-refractivity contribution in [3.8, 4) is 17.2 Å². The predicted molar refractivity (Wildman–Crippen MR) is 94.2 cm³/mol. The number of para-hydroxylation sites is 1. The fraction of sp³-hybridized carbons (Fsp3) is 0.263. The lowest BCUT2D eigenvalue weighted by Crippen LogP contribution is -2.40. The molecular weight excluding hydrogens is 336 g/mol. The number of hydrogen-bond acceptors (Lipinski definition) is 5. The summed E-state index contributed by atoms with van der Waals surface area (Å²) in [7, 11) is 1.54. The molecule has 1 aliphatic rings. The van der Waals surface area contributed by atoms with Gasteiger partial charge in [0, 0.05) is 7.05 Å². The van der Waals surface area contributed by atoms with Crippen LogP contribution in [0.2, 0.25) is 0 Å². The van der Waals surface area contributed by atoms with Gasteiger partial charge in [0.2, 0.25) is 5.91 Å². The Balaban J connectivity index is 1.48. The molecule has 0 aromatic heterocycles. The molecule has 136 valence electrons. The van der Waals surface area contributed by atoms with Crippen molar-refractivity contribution in [2.24, 2.45) is 0 Å². The maximum Gasteiger partial charge on any atom is 0.327 e. The summed E-state index contributed by atoms with van der Waals surface area (Å²) in [5.74, 6) is 1.64. The first-order valence-corrected chi connectivity index (χ1v) is 8.22. The molecule has 0 spiro atoms. The molecule has 0 unspecified atom stereocenters. The minimum absolute atomic E-state index is 0.0281. The highest BCUT2D eigenvalue weighted by atomic mass is 16.5. The standard InChI is InChI=1S/C19H20N2O5/c1-20-12-18(23)21(19(20)24)11-14(22)13-25-15-7-9-17(10-8-15)26-16-5-3-2-4-6-16/h2-10,14,22H,11-13H2,1H3/t14-/m1/s1. The van der Waals surface area contributed by atoms with Crippen molar-refractivity contribution in [3.63, 3.8) is 0 Å².